The number of aromatic nitrogens is 2. The van der Waals surface area contributed by atoms with Crippen molar-refractivity contribution in [1.82, 2.24) is 14.7 Å². The molecule has 2 amide bonds. The predicted octanol–water partition coefficient (Wildman–Crippen LogP) is 0.995. The van der Waals surface area contributed by atoms with E-state index in [2.05, 4.69) is 15.6 Å². The highest BCUT2D eigenvalue weighted by Gasteiger charge is 2.16. The highest BCUT2D eigenvalue weighted by Crippen LogP contribution is 2.10. The van der Waals surface area contributed by atoms with Crippen LogP contribution in [0.1, 0.15) is 12.8 Å². The first-order valence-electron chi connectivity index (χ1n) is 6.87. The molecule has 21 heavy (non-hydrogen) atoms. The van der Waals surface area contributed by atoms with Gasteiger partial charge in [-0.25, -0.2) is 9.78 Å². The number of nitrogens with one attached hydrogen (secondary N) is 2. The minimum Gasteiger partial charge on any atom is -0.376 e. The molecule has 3 heterocycles. The molecule has 1 atom stereocenters. The minimum atomic E-state index is -0.430. The molecule has 3 rings (SSSR count). The van der Waals surface area contributed by atoms with Gasteiger partial charge in [0.05, 0.1) is 12.3 Å². The molecule has 110 valence electrons. The van der Waals surface area contributed by atoms with E-state index in [0.717, 1.165) is 19.4 Å². The zero-order valence-corrected chi connectivity index (χ0v) is 11.4. The largest absolute Gasteiger partial charge is 0.376 e. The van der Waals surface area contributed by atoms with E-state index in [1.807, 2.05) is 0 Å². The topological polar surface area (TPSA) is 84.7 Å². The Hall–Kier alpha value is -2.41. The van der Waals surface area contributed by atoms with Crippen LogP contribution in [0, 0.1) is 0 Å². The maximum atomic E-state index is 12.2. The van der Waals surface area contributed by atoms with Crippen LogP contribution in [0.4, 0.5) is 10.5 Å². The zero-order chi connectivity index (χ0) is 14.7. The van der Waals surface area contributed by atoms with Crippen molar-refractivity contribution in [1.29, 1.82) is 0 Å². The number of nitrogens with zero attached hydrogens (tertiary/aromatic N) is 2. The van der Waals surface area contributed by atoms with Crippen molar-refractivity contribution < 1.29 is 9.53 Å². The molecule has 1 aliphatic rings. The van der Waals surface area contributed by atoms with Crippen molar-refractivity contribution in [3.8, 4) is 0 Å². The fourth-order valence-corrected chi connectivity index (χ4v) is 2.29. The van der Waals surface area contributed by atoms with E-state index in [1.165, 1.54) is 10.6 Å². The number of fused-ring (bicyclic) bond motifs is 1. The molecule has 0 aliphatic carbocycles. The number of urea groups is 1. The lowest BCUT2D eigenvalue weighted by Gasteiger charge is -2.11. The van der Waals surface area contributed by atoms with E-state index in [-0.39, 0.29) is 17.4 Å². The predicted molar refractivity (Wildman–Crippen MR) is 77.5 cm³/mol. The van der Waals surface area contributed by atoms with Crippen LogP contribution in [0.3, 0.4) is 0 Å². The van der Waals surface area contributed by atoms with Crippen LogP contribution in [0.15, 0.2) is 35.4 Å². The summed E-state index contributed by atoms with van der Waals surface area (Å²) < 4.78 is 6.80. The monoisotopic (exact) mass is 288 g/mol. The molecule has 1 saturated heterocycles. The van der Waals surface area contributed by atoms with E-state index >= 15 is 0 Å². The molecule has 1 fully saturated rings. The summed E-state index contributed by atoms with van der Waals surface area (Å²) in [5, 5.41) is 5.22. The number of hydrogen-bond acceptors (Lipinski definition) is 4. The molecule has 0 bridgehead atoms. The molecule has 7 heteroatoms. The number of ether oxygens (including phenoxy) is 1. The van der Waals surface area contributed by atoms with Gasteiger partial charge in [-0.1, -0.05) is 6.07 Å². The lowest BCUT2D eigenvalue weighted by atomic mass is 10.2. The maximum absolute atomic E-state index is 12.2. The third-order valence-electron chi connectivity index (χ3n) is 3.38. The Balaban J connectivity index is 1.68. The molecule has 1 unspecified atom stereocenters. The van der Waals surface area contributed by atoms with Gasteiger partial charge in [0.2, 0.25) is 0 Å². The van der Waals surface area contributed by atoms with Gasteiger partial charge in [-0.15, -0.1) is 0 Å². The van der Waals surface area contributed by atoms with E-state index in [0.29, 0.717) is 12.2 Å². The lowest BCUT2D eigenvalue weighted by molar-refractivity contribution is 0.112. The Morgan fingerprint density at radius 1 is 1.48 bits per heavy atom. The summed E-state index contributed by atoms with van der Waals surface area (Å²) in [7, 11) is 0. The van der Waals surface area contributed by atoms with Gasteiger partial charge in [-0.2, -0.15) is 0 Å². The summed E-state index contributed by atoms with van der Waals surface area (Å²) in [6.45, 7) is 1.18. The minimum absolute atomic E-state index is 0.0616. The molecular weight excluding hydrogens is 272 g/mol. The van der Waals surface area contributed by atoms with Crippen LogP contribution in [0.5, 0.6) is 0 Å². The quantitative estimate of drug-likeness (QED) is 0.882. The molecular formula is C14H16N4O3. The van der Waals surface area contributed by atoms with Gasteiger partial charge < -0.3 is 15.4 Å². The number of rotatable bonds is 3. The zero-order valence-electron chi connectivity index (χ0n) is 11.4. The normalized spacial score (nSPS) is 17.8. The van der Waals surface area contributed by atoms with Gasteiger partial charge in [0.1, 0.15) is 11.3 Å². The van der Waals surface area contributed by atoms with E-state index < -0.39 is 6.03 Å². The van der Waals surface area contributed by atoms with Gasteiger partial charge in [0.15, 0.2) is 0 Å². The first-order chi connectivity index (χ1) is 10.2. The standard InChI is InChI=1S/C14H16N4O3/c19-13-11(9-15-12-5-1-2-6-18(12)13)17-14(20)16-8-10-4-3-7-21-10/h1-2,5-6,9-10H,3-4,7-8H2,(H2,16,17,20). The molecule has 0 radical (unpaired) electrons. The Kier molecular flexibility index (Phi) is 3.83. The fraction of sp³-hybridized carbons (Fsp3) is 0.357. The van der Waals surface area contributed by atoms with Crippen molar-refractivity contribution in [2.45, 2.75) is 18.9 Å². The summed E-state index contributed by atoms with van der Waals surface area (Å²) in [6.07, 6.45) is 5.00. The van der Waals surface area contributed by atoms with E-state index in [1.54, 1.807) is 24.4 Å². The van der Waals surface area contributed by atoms with Crippen LogP contribution in [0.25, 0.3) is 5.65 Å². The summed E-state index contributed by atoms with van der Waals surface area (Å²) in [5.41, 5.74) is 0.365. The Bertz CT molecular complexity index is 707. The summed E-state index contributed by atoms with van der Waals surface area (Å²) in [5.74, 6) is 0. The summed E-state index contributed by atoms with van der Waals surface area (Å²) in [6, 6.07) is 4.82. The van der Waals surface area contributed by atoms with Crippen LogP contribution in [-0.2, 0) is 4.74 Å². The van der Waals surface area contributed by atoms with Crippen molar-refractivity contribution in [2.75, 3.05) is 18.5 Å². The molecule has 0 aromatic carbocycles. The van der Waals surface area contributed by atoms with Crippen LogP contribution in [-0.4, -0.2) is 34.7 Å². The SMILES string of the molecule is O=C(NCC1CCCO1)Nc1cnc2ccccn2c1=O. The second-order valence-corrected chi connectivity index (χ2v) is 4.88. The number of carbonyl (C=O) groups excluding carboxylic acids is 1. The second-order valence-electron chi connectivity index (χ2n) is 4.88. The average Bonchev–Trinajstić information content (AvgIpc) is 3.02. The van der Waals surface area contributed by atoms with Crippen LogP contribution >= 0.6 is 0 Å². The third-order valence-corrected chi connectivity index (χ3v) is 3.38. The average molecular weight is 288 g/mol. The summed E-state index contributed by atoms with van der Waals surface area (Å²) >= 11 is 0. The van der Waals surface area contributed by atoms with E-state index in [9.17, 15) is 9.59 Å². The molecule has 2 aromatic rings. The van der Waals surface area contributed by atoms with Crippen LogP contribution in [0.2, 0.25) is 0 Å². The molecule has 0 saturated carbocycles. The number of carbonyl (C=O) groups is 1. The molecule has 1 aliphatic heterocycles. The van der Waals surface area contributed by atoms with Gasteiger partial charge in [0.25, 0.3) is 5.56 Å². The highest BCUT2D eigenvalue weighted by molar-refractivity contribution is 5.88. The number of anilines is 1. The van der Waals surface area contributed by atoms with Crippen molar-refractivity contribution in [3.05, 3.63) is 40.9 Å². The van der Waals surface area contributed by atoms with Gasteiger partial charge in [-0.3, -0.25) is 9.20 Å². The first-order valence-corrected chi connectivity index (χ1v) is 6.87. The van der Waals surface area contributed by atoms with Crippen molar-refractivity contribution in [2.24, 2.45) is 0 Å². The smallest absolute Gasteiger partial charge is 0.319 e. The first kappa shape index (κ1) is 13.6. The van der Waals surface area contributed by atoms with Gasteiger partial charge in [0, 0.05) is 19.3 Å². The Morgan fingerprint density at radius 3 is 3.19 bits per heavy atom. The fourth-order valence-electron chi connectivity index (χ4n) is 2.29. The second kappa shape index (κ2) is 5.92. The molecule has 7 nitrogen and oxygen atoms in total. The molecule has 2 aromatic heterocycles. The van der Waals surface area contributed by atoms with Gasteiger partial charge >= 0.3 is 6.03 Å². The van der Waals surface area contributed by atoms with Crippen LogP contribution < -0.4 is 16.2 Å². The summed E-state index contributed by atoms with van der Waals surface area (Å²) in [4.78, 5) is 28.1. The van der Waals surface area contributed by atoms with Crippen molar-refractivity contribution in [3.63, 3.8) is 0 Å². The highest BCUT2D eigenvalue weighted by atomic mass is 16.5. The van der Waals surface area contributed by atoms with Crippen molar-refractivity contribution >= 4 is 17.4 Å². The van der Waals surface area contributed by atoms with Gasteiger partial charge in [-0.05, 0) is 25.0 Å². The maximum Gasteiger partial charge on any atom is 0.319 e. The lowest BCUT2D eigenvalue weighted by Crippen LogP contribution is -2.36. The Morgan fingerprint density at radius 2 is 2.38 bits per heavy atom. The number of amides is 2. The van der Waals surface area contributed by atoms with E-state index in [4.69, 9.17) is 4.74 Å². The molecule has 0 spiro atoms. The number of pyridine rings is 1. The third kappa shape index (κ3) is 3.03. The number of hydrogen-bond donors (Lipinski definition) is 2. The molecule has 2 N–H and O–H groups in total. The Labute approximate surface area is 120 Å².